The van der Waals surface area contributed by atoms with Crippen LogP contribution in [0.3, 0.4) is 0 Å². The van der Waals surface area contributed by atoms with Crippen molar-refractivity contribution in [3.8, 4) is 5.75 Å². The van der Waals surface area contributed by atoms with Gasteiger partial charge in [-0.1, -0.05) is 30.9 Å². The quantitative estimate of drug-likeness (QED) is 0.390. The van der Waals surface area contributed by atoms with Crippen LogP contribution in [0.15, 0.2) is 67.4 Å². The van der Waals surface area contributed by atoms with Gasteiger partial charge >= 0.3 is 0 Å². The Labute approximate surface area is 224 Å². The third-order valence-corrected chi connectivity index (χ3v) is 6.41. The molecule has 3 aromatic rings. The van der Waals surface area contributed by atoms with E-state index in [2.05, 4.69) is 62.2 Å². The lowest BCUT2D eigenvalue weighted by molar-refractivity contribution is -0.111. The van der Waals surface area contributed by atoms with Crippen LogP contribution in [0.25, 0.3) is 5.57 Å². The minimum Gasteiger partial charge on any atom is -0.494 e. The largest absolute Gasteiger partial charge is 0.494 e. The fourth-order valence-corrected chi connectivity index (χ4v) is 4.31. The molecule has 1 aromatic heterocycles. The number of ether oxygens (including phenoxy) is 1. The van der Waals surface area contributed by atoms with Gasteiger partial charge in [-0.25, -0.2) is 9.97 Å². The molecule has 0 unspecified atom stereocenters. The van der Waals surface area contributed by atoms with Crippen LogP contribution < -0.4 is 25.2 Å². The van der Waals surface area contributed by atoms with E-state index < -0.39 is 0 Å². The Balaban J connectivity index is 1.68. The Bertz CT molecular complexity index is 1350. The summed E-state index contributed by atoms with van der Waals surface area (Å²) in [5.74, 6) is 0.730. The van der Waals surface area contributed by atoms with E-state index in [4.69, 9.17) is 9.72 Å². The Kier molecular flexibility index (Phi) is 8.28. The number of para-hydroxylation sites is 1. The average Bonchev–Trinajstić information content (AvgIpc) is 2.92. The molecule has 4 rings (SSSR count). The van der Waals surface area contributed by atoms with Gasteiger partial charge in [-0.05, 0) is 38.4 Å². The minimum absolute atomic E-state index is 0.297. The van der Waals surface area contributed by atoms with Crippen LogP contribution in [-0.4, -0.2) is 75.7 Å². The first-order valence-electron chi connectivity index (χ1n) is 12.4. The second-order valence-electron chi connectivity index (χ2n) is 9.39. The second-order valence-corrected chi connectivity index (χ2v) is 9.39. The predicted molar refractivity (Wildman–Crippen MR) is 156 cm³/mol. The fourth-order valence-electron chi connectivity index (χ4n) is 4.31. The first-order chi connectivity index (χ1) is 18.3. The molecule has 198 valence electrons. The number of fused-ring (bicyclic) bond motifs is 1. The summed E-state index contributed by atoms with van der Waals surface area (Å²) in [4.78, 5) is 27.9. The van der Waals surface area contributed by atoms with Crippen molar-refractivity contribution < 1.29 is 9.53 Å². The standard InChI is InChI=1S/C29H35N7O2/c1-7-28(37)31-23-18-24(27(38-6)19-26(23)36(5)17-16-34(2)3)33-29-30-14-12-22(32-29)20-13-15-35(4)25-11-9-8-10-21(20)25/h7-14,18-19H,1,15-17H2,2-6H3,(H,31,37)(H,30,32,33). The molecule has 0 saturated carbocycles. The Morgan fingerprint density at radius 2 is 1.95 bits per heavy atom. The van der Waals surface area contributed by atoms with Crippen molar-refractivity contribution in [3.05, 3.63) is 78.6 Å². The molecule has 9 nitrogen and oxygen atoms in total. The molecule has 1 aliphatic heterocycles. The molecule has 0 aliphatic carbocycles. The van der Waals surface area contributed by atoms with Crippen LogP contribution in [0.1, 0.15) is 11.3 Å². The van der Waals surface area contributed by atoms with Gasteiger partial charge in [0.2, 0.25) is 11.9 Å². The number of nitrogens with one attached hydrogen (secondary N) is 2. The number of amides is 1. The van der Waals surface area contributed by atoms with Gasteiger partial charge in [-0.15, -0.1) is 0 Å². The molecule has 0 atom stereocenters. The number of likely N-dealkylation sites (N-methyl/N-ethyl adjacent to an activating group) is 3. The molecule has 9 heteroatoms. The Morgan fingerprint density at radius 3 is 2.68 bits per heavy atom. The van der Waals surface area contributed by atoms with Crippen LogP contribution in [0.5, 0.6) is 5.75 Å². The number of carbonyl (C=O) groups is 1. The van der Waals surface area contributed by atoms with Gasteiger partial charge < -0.3 is 30.1 Å². The molecule has 1 amide bonds. The van der Waals surface area contributed by atoms with E-state index in [1.807, 2.05) is 51.5 Å². The number of nitrogens with zero attached hydrogens (tertiary/aromatic N) is 5. The number of hydrogen-bond donors (Lipinski definition) is 2. The van der Waals surface area contributed by atoms with E-state index in [0.29, 0.717) is 23.1 Å². The molecule has 0 spiro atoms. The second kappa shape index (κ2) is 11.8. The third-order valence-electron chi connectivity index (χ3n) is 6.41. The van der Waals surface area contributed by atoms with Gasteiger partial charge in [0.25, 0.3) is 0 Å². The van der Waals surface area contributed by atoms with E-state index in [0.717, 1.165) is 47.8 Å². The lowest BCUT2D eigenvalue weighted by Gasteiger charge is -2.27. The summed E-state index contributed by atoms with van der Waals surface area (Å²) < 4.78 is 5.72. The van der Waals surface area contributed by atoms with Gasteiger partial charge in [0.15, 0.2) is 0 Å². The van der Waals surface area contributed by atoms with Gasteiger partial charge in [-0.3, -0.25) is 4.79 Å². The van der Waals surface area contributed by atoms with Crippen LogP contribution in [0.4, 0.5) is 28.7 Å². The number of benzene rings is 2. The zero-order valence-electron chi connectivity index (χ0n) is 22.7. The Hall–Kier alpha value is -4.37. The van der Waals surface area contributed by atoms with Crippen molar-refractivity contribution in [1.29, 1.82) is 0 Å². The summed E-state index contributed by atoms with van der Waals surface area (Å²) in [6.45, 7) is 5.99. The van der Waals surface area contributed by atoms with Crippen molar-refractivity contribution in [2.75, 3.05) is 75.4 Å². The molecule has 0 fully saturated rings. The summed E-state index contributed by atoms with van der Waals surface area (Å²) in [5.41, 5.74) is 6.26. The van der Waals surface area contributed by atoms with Gasteiger partial charge in [0.1, 0.15) is 5.75 Å². The number of methoxy groups -OCH3 is 1. The predicted octanol–water partition coefficient (Wildman–Crippen LogP) is 4.23. The van der Waals surface area contributed by atoms with Crippen LogP contribution >= 0.6 is 0 Å². The SMILES string of the molecule is C=CC(=O)Nc1cc(Nc2nccc(C3=CCN(C)c4ccccc43)n2)c(OC)cc1N(C)CCN(C)C. The maximum atomic E-state index is 12.2. The fraction of sp³-hybridized carbons (Fsp3) is 0.276. The summed E-state index contributed by atoms with van der Waals surface area (Å²) in [5, 5.41) is 6.22. The molecule has 0 bridgehead atoms. The third kappa shape index (κ3) is 5.95. The summed E-state index contributed by atoms with van der Waals surface area (Å²) >= 11 is 0. The maximum absolute atomic E-state index is 12.2. The minimum atomic E-state index is -0.297. The highest BCUT2D eigenvalue weighted by Crippen LogP contribution is 2.38. The van der Waals surface area contributed by atoms with Crippen molar-refractivity contribution >= 4 is 40.2 Å². The van der Waals surface area contributed by atoms with E-state index in [1.165, 1.54) is 6.08 Å². The highest BCUT2D eigenvalue weighted by Gasteiger charge is 2.20. The number of rotatable bonds is 10. The highest BCUT2D eigenvalue weighted by atomic mass is 16.5. The summed E-state index contributed by atoms with van der Waals surface area (Å²) in [6, 6.07) is 13.9. The van der Waals surface area contributed by atoms with Crippen molar-refractivity contribution in [2.24, 2.45) is 0 Å². The normalized spacial score (nSPS) is 12.5. The van der Waals surface area contributed by atoms with Crippen molar-refractivity contribution in [2.45, 2.75) is 0 Å². The zero-order valence-corrected chi connectivity index (χ0v) is 22.7. The summed E-state index contributed by atoms with van der Waals surface area (Å²) in [7, 11) is 9.72. The molecular formula is C29H35N7O2. The van der Waals surface area contributed by atoms with Crippen LogP contribution in [0.2, 0.25) is 0 Å². The first kappa shape index (κ1) is 26.7. The number of anilines is 5. The molecule has 38 heavy (non-hydrogen) atoms. The lowest BCUT2D eigenvalue weighted by Crippen LogP contribution is -2.29. The molecule has 2 heterocycles. The molecule has 2 aromatic carbocycles. The zero-order chi connectivity index (χ0) is 27.2. The number of aromatic nitrogens is 2. The van der Waals surface area contributed by atoms with E-state index >= 15 is 0 Å². The van der Waals surface area contributed by atoms with Crippen LogP contribution in [0, 0.1) is 0 Å². The first-order valence-corrected chi connectivity index (χ1v) is 12.4. The molecule has 1 aliphatic rings. The highest BCUT2D eigenvalue weighted by molar-refractivity contribution is 6.02. The van der Waals surface area contributed by atoms with Gasteiger partial charge in [0.05, 0.1) is 29.9 Å². The smallest absolute Gasteiger partial charge is 0.247 e. The summed E-state index contributed by atoms with van der Waals surface area (Å²) in [6.07, 6.45) is 5.17. The van der Waals surface area contributed by atoms with Crippen molar-refractivity contribution in [1.82, 2.24) is 14.9 Å². The molecule has 2 N–H and O–H groups in total. The molecular weight excluding hydrogens is 478 g/mol. The van der Waals surface area contributed by atoms with Crippen LogP contribution in [-0.2, 0) is 4.79 Å². The molecule has 0 radical (unpaired) electrons. The topological polar surface area (TPSA) is 85.9 Å². The van der Waals surface area contributed by atoms with Gasteiger partial charge in [0, 0.05) is 62.8 Å². The lowest BCUT2D eigenvalue weighted by atomic mass is 9.97. The van der Waals surface area contributed by atoms with E-state index in [-0.39, 0.29) is 5.91 Å². The number of hydrogen-bond acceptors (Lipinski definition) is 8. The monoisotopic (exact) mass is 513 g/mol. The molecule has 0 saturated heterocycles. The van der Waals surface area contributed by atoms with E-state index in [1.54, 1.807) is 13.3 Å². The van der Waals surface area contributed by atoms with Gasteiger partial charge in [-0.2, -0.15) is 0 Å². The Morgan fingerprint density at radius 1 is 1.16 bits per heavy atom. The average molecular weight is 514 g/mol. The van der Waals surface area contributed by atoms with E-state index in [9.17, 15) is 4.79 Å². The number of carbonyl (C=O) groups excluding carboxylic acids is 1. The maximum Gasteiger partial charge on any atom is 0.247 e. The van der Waals surface area contributed by atoms with Crippen molar-refractivity contribution in [3.63, 3.8) is 0 Å².